The molecule has 0 fully saturated rings. The Morgan fingerprint density at radius 1 is 1.53 bits per heavy atom. The van der Waals surface area contributed by atoms with Crippen molar-refractivity contribution < 1.29 is 22.4 Å². The Bertz CT molecular complexity index is 389. The van der Waals surface area contributed by atoms with Crippen molar-refractivity contribution in [3.05, 3.63) is 18.2 Å². The van der Waals surface area contributed by atoms with Crippen molar-refractivity contribution >= 4 is 5.78 Å². The van der Waals surface area contributed by atoms with Crippen molar-refractivity contribution in [3.8, 4) is 0 Å². The van der Waals surface area contributed by atoms with Crippen molar-refractivity contribution in [2.24, 2.45) is 0 Å². The predicted octanol–water partition coefficient (Wildman–Crippen LogP) is 2.31. The van der Waals surface area contributed by atoms with E-state index < -0.39 is 24.6 Å². The Balaban J connectivity index is 2.77. The molecule has 0 amide bonds. The summed E-state index contributed by atoms with van der Waals surface area (Å²) >= 11 is 0. The van der Waals surface area contributed by atoms with E-state index in [1.807, 2.05) is 6.92 Å². The number of hydrogen-bond donors (Lipinski definition) is 0. The zero-order chi connectivity index (χ0) is 13.1. The minimum atomic E-state index is -4.61. The van der Waals surface area contributed by atoms with Crippen LogP contribution in [0.1, 0.15) is 19.2 Å². The van der Waals surface area contributed by atoms with Gasteiger partial charge in [0.25, 0.3) is 0 Å². The van der Waals surface area contributed by atoms with Crippen molar-refractivity contribution in [1.82, 2.24) is 9.55 Å². The minimum Gasteiger partial charge on any atom is -0.335 e. The molecule has 3 nitrogen and oxygen atoms in total. The molecule has 96 valence electrons. The largest absolute Gasteiger partial charge is 0.364 e. The maximum Gasteiger partial charge on any atom is 0.364 e. The number of rotatable bonds is 6. The number of nitrogens with zero attached hydrogens (tertiary/aromatic N) is 2. The highest BCUT2D eigenvalue weighted by atomic mass is 19.3. The molecule has 1 aromatic heterocycles. The first-order valence-electron chi connectivity index (χ1n) is 5.08. The van der Waals surface area contributed by atoms with Gasteiger partial charge in [0, 0.05) is 18.9 Å². The standard InChI is InChI=1S/C10H12F4N2O/c1-2-4-16-5-3-15-8(16)6-7(17)10(13,14)9(11)12/h3,5,9H,2,4,6H2,1H3. The van der Waals surface area contributed by atoms with E-state index in [0.717, 1.165) is 6.42 Å². The van der Waals surface area contributed by atoms with E-state index in [1.165, 1.54) is 17.0 Å². The third-order valence-electron chi connectivity index (χ3n) is 2.23. The Labute approximate surface area is 95.4 Å². The van der Waals surface area contributed by atoms with Gasteiger partial charge in [0.15, 0.2) is 0 Å². The number of alkyl halides is 4. The van der Waals surface area contributed by atoms with Crippen molar-refractivity contribution in [2.45, 2.75) is 38.7 Å². The van der Waals surface area contributed by atoms with Gasteiger partial charge in [0.1, 0.15) is 5.82 Å². The Kier molecular flexibility index (Phi) is 4.25. The number of halogens is 4. The maximum atomic E-state index is 12.7. The molecule has 7 heteroatoms. The molecule has 0 spiro atoms. The quantitative estimate of drug-likeness (QED) is 0.728. The first-order valence-corrected chi connectivity index (χ1v) is 5.08. The molecule has 17 heavy (non-hydrogen) atoms. The van der Waals surface area contributed by atoms with E-state index in [-0.39, 0.29) is 5.82 Å². The zero-order valence-corrected chi connectivity index (χ0v) is 9.17. The second-order valence-electron chi connectivity index (χ2n) is 3.56. The van der Waals surface area contributed by atoms with E-state index in [0.29, 0.717) is 6.54 Å². The number of carbonyl (C=O) groups is 1. The van der Waals surface area contributed by atoms with Crippen LogP contribution in [0.15, 0.2) is 12.4 Å². The molecular weight excluding hydrogens is 240 g/mol. The fourth-order valence-electron chi connectivity index (χ4n) is 1.33. The average Bonchev–Trinajstić information content (AvgIpc) is 2.66. The number of ketones is 1. The lowest BCUT2D eigenvalue weighted by Gasteiger charge is -2.13. The van der Waals surface area contributed by atoms with Crippen LogP contribution in [-0.2, 0) is 17.8 Å². The highest BCUT2D eigenvalue weighted by molar-refractivity contribution is 5.87. The molecule has 0 aromatic carbocycles. The Morgan fingerprint density at radius 2 is 2.18 bits per heavy atom. The summed E-state index contributed by atoms with van der Waals surface area (Å²) in [5, 5.41) is 0. The van der Waals surface area contributed by atoms with E-state index in [4.69, 9.17) is 0 Å². The van der Waals surface area contributed by atoms with Crippen LogP contribution in [0.25, 0.3) is 0 Å². The van der Waals surface area contributed by atoms with E-state index >= 15 is 0 Å². The van der Waals surface area contributed by atoms with E-state index in [9.17, 15) is 22.4 Å². The molecular formula is C10H12F4N2O. The summed E-state index contributed by atoms with van der Waals surface area (Å²) in [5.41, 5.74) is 0. The van der Waals surface area contributed by atoms with Crippen LogP contribution in [0, 0.1) is 0 Å². The van der Waals surface area contributed by atoms with E-state index in [1.54, 1.807) is 0 Å². The van der Waals surface area contributed by atoms with Crippen LogP contribution in [-0.4, -0.2) is 27.7 Å². The fourth-order valence-corrected chi connectivity index (χ4v) is 1.33. The molecule has 1 rings (SSSR count). The molecule has 0 aliphatic heterocycles. The minimum absolute atomic E-state index is 0.0807. The summed E-state index contributed by atoms with van der Waals surface area (Å²) in [6, 6.07) is 0. The van der Waals surface area contributed by atoms with Crippen molar-refractivity contribution in [2.75, 3.05) is 0 Å². The first kappa shape index (κ1) is 13.7. The molecule has 0 saturated carbocycles. The molecule has 1 aromatic rings. The molecule has 0 bridgehead atoms. The van der Waals surface area contributed by atoms with Crippen LogP contribution in [0.3, 0.4) is 0 Å². The molecule has 0 aliphatic rings. The number of carbonyl (C=O) groups excluding carboxylic acids is 1. The van der Waals surface area contributed by atoms with E-state index in [2.05, 4.69) is 4.98 Å². The highest BCUT2D eigenvalue weighted by Crippen LogP contribution is 2.25. The molecule has 0 aliphatic carbocycles. The maximum absolute atomic E-state index is 12.7. The van der Waals surface area contributed by atoms with Gasteiger partial charge >= 0.3 is 12.3 Å². The summed E-state index contributed by atoms with van der Waals surface area (Å²) in [6.45, 7) is 2.36. The van der Waals surface area contributed by atoms with Crippen molar-refractivity contribution in [1.29, 1.82) is 0 Å². The summed E-state index contributed by atoms with van der Waals surface area (Å²) in [7, 11) is 0. The molecule has 0 saturated heterocycles. The monoisotopic (exact) mass is 252 g/mol. The average molecular weight is 252 g/mol. The summed E-state index contributed by atoms with van der Waals surface area (Å²) in [6.07, 6.45) is -1.18. The molecule has 1 heterocycles. The summed E-state index contributed by atoms with van der Waals surface area (Å²) in [4.78, 5) is 14.8. The number of imidazole rings is 1. The highest BCUT2D eigenvalue weighted by Gasteiger charge is 2.48. The lowest BCUT2D eigenvalue weighted by Crippen LogP contribution is -2.38. The van der Waals surface area contributed by atoms with Gasteiger partial charge in [0.05, 0.1) is 6.42 Å². The van der Waals surface area contributed by atoms with Crippen LogP contribution in [0.4, 0.5) is 17.6 Å². The number of hydrogen-bond acceptors (Lipinski definition) is 2. The lowest BCUT2D eigenvalue weighted by molar-refractivity contribution is -0.166. The van der Waals surface area contributed by atoms with Gasteiger partial charge in [-0.15, -0.1) is 0 Å². The second-order valence-corrected chi connectivity index (χ2v) is 3.56. The Hall–Kier alpha value is -1.40. The van der Waals surface area contributed by atoms with Crippen LogP contribution < -0.4 is 0 Å². The molecule has 0 radical (unpaired) electrons. The normalized spacial score (nSPS) is 12.1. The fraction of sp³-hybridized carbons (Fsp3) is 0.600. The van der Waals surface area contributed by atoms with Crippen LogP contribution >= 0.6 is 0 Å². The third kappa shape index (κ3) is 3.04. The number of aromatic nitrogens is 2. The van der Waals surface area contributed by atoms with Crippen molar-refractivity contribution in [3.63, 3.8) is 0 Å². The third-order valence-corrected chi connectivity index (χ3v) is 2.23. The molecule has 0 atom stereocenters. The van der Waals surface area contributed by atoms with Crippen LogP contribution in [0.2, 0.25) is 0 Å². The summed E-state index contributed by atoms with van der Waals surface area (Å²) < 4.78 is 50.8. The van der Waals surface area contributed by atoms with Gasteiger partial charge in [-0.1, -0.05) is 6.92 Å². The summed E-state index contributed by atoms with van der Waals surface area (Å²) in [5.74, 6) is -6.34. The SMILES string of the molecule is CCCn1ccnc1CC(=O)C(F)(F)C(F)F. The smallest absolute Gasteiger partial charge is 0.335 e. The lowest BCUT2D eigenvalue weighted by atomic mass is 10.1. The van der Waals surface area contributed by atoms with Crippen LogP contribution in [0.5, 0.6) is 0 Å². The molecule has 0 N–H and O–H groups in total. The number of aryl methyl sites for hydroxylation is 1. The topological polar surface area (TPSA) is 34.9 Å². The molecule has 0 unspecified atom stereocenters. The van der Waals surface area contributed by atoms with Gasteiger partial charge in [-0.3, -0.25) is 4.79 Å². The van der Waals surface area contributed by atoms with Gasteiger partial charge < -0.3 is 4.57 Å². The second kappa shape index (κ2) is 5.29. The first-order chi connectivity index (χ1) is 7.89. The van der Waals surface area contributed by atoms with Gasteiger partial charge in [-0.05, 0) is 6.42 Å². The zero-order valence-electron chi connectivity index (χ0n) is 9.17. The van der Waals surface area contributed by atoms with Gasteiger partial charge in [0.2, 0.25) is 5.78 Å². The Morgan fingerprint density at radius 3 is 2.71 bits per heavy atom. The predicted molar refractivity (Wildman–Crippen MR) is 52.2 cm³/mol. The number of Topliss-reactive ketones (excluding diaryl/α,β-unsaturated/α-hetero) is 1. The van der Waals surface area contributed by atoms with Gasteiger partial charge in [-0.2, -0.15) is 8.78 Å². The van der Waals surface area contributed by atoms with Gasteiger partial charge in [-0.25, -0.2) is 13.8 Å².